The van der Waals surface area contributed by atoms with Gasteiger partial charge < -0.3 is 10.4 Å². The second kappa shape index (κ2) is 5.63. The van der Waals surface area contributed by atoms with Crippen molar-refractivity contribution in [2.24, 2.45) is 5.92 Å². The van der Waals surface area contributed by atoms with Gasteiger partial charge in [0.2, 0.25) is 0 Å². The monoisotopic (exact) mass is 303 g/mol. The summed E-state index contributed by atoms with van der Waals surface area (Å²) < 4.78 is 1.18. The van der Waals surface area contributed by atoms with Crippen LogP contribution in [0.15, 0.2) is 15.9 Å². The Labute approximate surface area is 109 Å². The molecule has 0 bridgehead atoms. The van der Waals surface area contributed by atoms with Crippen molar-refractivity contribution in [2.45, 2.75) is 38.3 Å². The molecule has 0 amide bonds. The lowest BCUT2D eigenvalue weighted by Crippen LogP contribution is -2.29. The van der Waals surface area contributed by atoms with Gasteiger partial charge in [0.25, 0.3) is 0 Å². The molecule has 1 aromatic rings. The molecule has 1 aliphatic rings. The molecule has 4 heteroatoms. The molecule has 90 valence electrons. The smallest absolute Gasteiger partial charge is 0.0580 e. The lowest BCUT2D eigenvalue weighted by atomic mass is 10.1. The molecule has 0 spiro atoms. The van der Waals surface area contributed by atoms with Crippen molar-refractivity contribution < 1.29 is 5.11 Å². The highest BCUT2D eigenvalue weighted by atomic mass is 79.9. The summed E-state index contributed by atoms with van der Waals surface area (Å²) in [5, 5.41) is 15.4. The number of nitrogens with one attached hydrogen (secondary N) is 1. The van der Waals surface area contributed by atoms with Gasteiger partial charge in [0.1, 0.15) is 0 Å². The van der Waals surface area contributed by atoms with Crippen molar-refractivity contribution in [3.05, 3.63) is 20.8 Å². The van der Waals surface area contributed by atoms with Crippen LogP contribution in [0.1, 0.15) is 37.1 Å². The number of aliphatic hydroxyl groups is 1. The van der Waals surface area contributed by atoms with Crippen LogP contribution in [0.25, 0.3) is 0 Å². The molecule has 2 nitrogen and oxygen atoms in total. The molecule has 0 radical (unpaired) electrons. The van der Waals surface area contributed by atoms with E-state index in [2.05, 4.69) is 39.6 Å². The minimum absolute atomic E-state index is 0.0912. The molecule has 3 atom stereocenters. The summed E-state index contributed by atoms with van der Waals surface area (Å²) in [6, 6.07) is 2.45. The maximum Gasteiger partial charge on any atom is 0.0580 e. The summed E-state index contributed by atoms with van der Waals surface area (Å²) in [5.74, 6) is 0.446. The lowest BCUT2D eigenvalue weighted by Gasteiger charge is -2.19. The normalized spacial score (nSPS) is 27.2. The number of thiophene rings is 1. The van der Waals surface area contributed by atoms with Crippen molar-refractivity contribution in [3.8, 4) is 0 Å². The van der Waals surface area contributed by atoms with Gasteiger partial charge in [-0.3, -0.25) is 0 Å². The van der Waals surface area contributed by atoms with Crippen molar-refractivity contribution in [2.75, 3.05) is 6.54 Å². The van der Waals surface area contributed by atoms with Crippen LogP contribution in [0.2, 0.25) is 0 Å². The zero-order valence-corrected chi connectivity index (χ0v) is 11.9. The third-order valence-electron chi connectivity index (χ3n) is 3.34. The molecule has 1 aromatic heterocycles. The summed E-state index contributed by atoms with van der Waals surface area (Å²) in [5.41, 5.74) is 0. The van der Waals surface area contributed by atoms with E-state index in [4.69, 9.17) is 0 Å². The van der Waals surface area contributed by atoms with Gasteiger partial charge >= 0.3 is 0 Å². The van der Waals surface area contributed by atoms with Gasteiger partial charge in [-0.2, -0.15) is 0 Å². The number of aliphatic hydroxyl groups excluding tert-OH is 1. The lowest BCUT2D eigenvalue weighted by molar-refractivity contribution is 0.130. The standard InChI is InChI=1S/C12H18BrNOS/c1-8(12-10(13)5-6-16-12)14-7-9-3-2-4-11(9)15/h5-6,8-9,11,14-15H,2-4,7H2,1H3. The van der Waals surface area contributed by atoms with Gasteiger partial charge in [-0.15, -0.1) is 11.3 Å². The van der Waals surface area contributed by atoms with Crippen LogP contribution in [0.5, 0.6) is 0 Å². The van der Waals surface area contributed by atoms with E-state index in [0.717, 1.165) is 19.4 Å². The van der Waals surface area contributed by atoms with E-state index in [0.29, 0.717) is 12.0 Å². The number of halogens is 1. The molecule has 16 heavy (non-hydrogen) atoms. The highest BCUT2D eigenvalue weighted by Gasteiger charge is 2.25. The largest absolute Gasteiger partial charge is 0.393 e. The van der Waals surface area contributed by atoms with E-state index < -0.39 is 0 Å². The average Bonchev–Trinajstić information content (AvgIpc) is 2.84. The van der Waals surface area contributed by atoms with Crippen LogP contribution in [0.4, 0.5) is 0 Å². The Morgan fingerprint density at radius 1 is 1.62 bits per heavy atom. The highest BCUT2D eigenvalue weighted by Crippen LogP contribution is 2.30. The number of hydrogen-bond acceptors (Lipinski definition) is 3. The van der Waals surface area contributed by atoms with Gasteiger partial charge in [-0.25, -0.2) is 0 Å². The zero-order valence-electron chi connectivity index (χ0n) is 9.45. The first-order valence-corrected chi connectivity index (χ1v) is 7.50. The molecule has 2 rings (SSSR count). The molecule has 3 unspecified atom stereocenters. The second-order valence-electron chi connectivity index (χ2n) is 4.52. The van der Waals surface area contributed by atoms with Crippen molar-refractivity contribution in [1.29, 1.82) is 0 Å². The molecule has 0 aliphatic heterocycles. The molecule has 0 saturated heterocycles. The summed E-state index contributed by atoms with van der Waals surface area (Å²) >= 11 is 5.32. The predicted octanol–water partition coefficient (Wildman–Crippen LogP) is 3.32. The third-order valence-corrected chi connectivity index (χ3v) is 5.40. The van der Waals surface area contributed by atoms with E-state index in [1.165, 1.54) is 15.8 Å². The fourth-order valence-electron chi connectivity index (χ4n) is 2.29. The molecule has 1 fully saturated rings. The Morgan fingerprint density at radius 2 is 2.44 bits per heavy atom. The fourth-order valence-corrected chi connectivity index (χ4v) is 4.04. The van der Waals surface area contributed by atoms with Crippen LogP contribution >= 0.6 is 27.3 Å². The van der Waals surface area contributed by atoms with Crippen molar-refractivity contribution in [1.82, 2.24) is 5.32 Å². The van der Waals surface area contributed by atoms with E-state index in [9.17, 15) is 5.11 Å². The number of rotatable bonds is 4. The van der Waals surface area contributed by atoms with Crippen molar-refractivity contribution in [3.63, 3.8) is 0 Å². The average molecular weight is 304 g/mol. The summed E-state index contributed by atoms with van der Waals surface area (Å²) in [6.07, 6.45) is 3.21. The van der Waals surface area contributed by atoms with Crippen LogP contribution < -0.4 is 5.32 Å². The fraction of sp³-hybridized carbons (Fsp3) is 0.667. The Morgan fingerprint density at radius 3 is 3.00 bits per heavy atom. The quantitative estimate of drug-likeness (QED) is 0.894. The molecular weight excluding hydrogens is 286 g/mol. The minimum Gasteiger partial charge on any atom is -0.393 e. The SMILES string of the molecule is CC(NCC1CCCC1O)c1sccc1Br. The predicted molar refractivity (Wildman–Crippen MR) is 71.8 cm³/mol. The Balaban J connectivity index is 1.84. The molecule has 2 N–H and O–H groups in total. The molecule has 0 aromatic carbocycles. The van der Waals surface area contributed by atoms with Crippen molar-refractivity contribution >= 4 is 27.3 Å². The molecule has 1 aliphatic carbocycles. The first-order chi connectivity index (χ1) is 7.68. The molecule has 1 saturated carbocycles. The van der Waals surface area contributed by atoms with Gasteiger partial charge in [-0.05, 0) is 53.1 Å². The van der Waals surface area contributed by atoms with Crippen LogP contribution in [-0.2, 0) is 0 Å². The maximum absolute atomic E-state index is 9.74. The van der Waals surface area contributed by atoms with Crippen LogP contribution in [0, 0.1) is 5.92 Å². The minimum atomic E-state index is -0.0912. The first kappa shape index (κ1) is 12.6. The van der Waals surface area contributed by atoms with Gasteiger partial charge in [-0.1, -0.05) is 6.42 Å². The highest BCUT2D eigenvalue weighted by molar-refractivity contribution is 9.10. The molecule has 1 heterocycles. The van der Waals surface area contributed by atoms with E-state index in [1.54, 1.807) is 11.3 Å². The Kier molecular flexibility index (Phi) is 4.41. The zero-order chi connectivity index (χ0) is 11.5. The summed E-state index contributed by atoms with van der Waals surface area (Å²) in [4.78, 5) is 1.34. The second-order valence-corrected chi connectivity index (χ2v) is 6.32. The van der Waals surface area contributed by atoms with Gasteiger partial charge in [0.15, 0.2) is 0 Å². The Bertz CT molecular complexity index is 342. The van der Waals surface area contributed by atoms with E-state index in [-0.39, 0.29) is 6.10 Å². The van der Waals surface area contributed by atoms with Gasteiger partial charge in [0.05, 0.1) is 6.10 Å². The summed E-state index contributed by atoms with van der Waals surface area (Å²) in [7, 11) is 0. The summed E-state index contributed by atoms with van der Waals surface area (Å²) in [6.45, 7) is 3.10. The topological polar surface area (TPSA) is 32.3 Å². The van der Waals surface area contributed by atoms with E-state index >= 15 is 0 Å². The van der Waals surface area contributed by atoms with Crippen LogP contribution in [-0.4, -0.2) is 17.8 Å². The third kappa shape index (κ3) is 2.86. The van der Waals surface area contributed by atoms with Crippen LogP contribution in [0.3, 0.4) is 0 Å². The van der Waals surface area contributed by atoms with Gasteiger partial charge in [0, 0.05) is 21.9 Å². The first-order valence-electron chi connectivity index (χ1n) is 5.83. The number of hydrogen-bond donors (Lipinski definition) is 2. The van der Waals surface area contributed by atoms with E-state index in [1.807, 2.05) is 0 Å². The maximum atomic E-state index is 9.74. The molecular formula is C12H18BrNOS. The Hall–Kier alpha value is 0.100.